The number of hydrogen-bond donors (Lipinski definition) is 0. The van der Waals surface area contributed by atoms with Gasteiger partial charge in [-0.05, 0) is 44.0 Å². The van der Waals surface area contributed by atoms with E-state index in [1.54, 1.807) is 0 Å². The molecule has 1 aromatic heterocycles. The molecule has 108 valence electrons. The third-order valence-electron chi connectivity index (χ3n) is 3.83. The van der Waals surface area contributed by atoms with Crippen LogP contribution in [0.3, 0.4) is 0 Å². The third-order valence-corrected chi connectivity index (χ3v) is 3.83. The van der Waals surface area contributed by atoms with Crippen LogP contribution in [0.5, 0.6) is 5.75 Å². The van der Waals surface area contributed by atoms with E-state index >= 15 is 0 Å². The van der Waals surface area contributed by atoms with Crippen LogP contribution in [-0.4, -0.2) is 24.7 Å². The molecule has 0 atom stereocenters. The molecule has 0 spiro atoms. The first-order valence-electron chi connectivity index (χ1n) is 7.50. The van der Waals surface area contributed by atoms with E-state index < -0.39 is 0 Å². The van der Waals surface area contributed by atoms with E-state index in [0.717, 1.165) is 41.1 Å². The molecule has 1 aliphatic rings. The highest BCUT2D eigenvalue weighted by Crippen LogP contribution is 2.28. The van der Waals surface area contributed by atoms with Crippen molar-refractivity contribution < 1.29 is 4.74 Å². The minimum absolute atomic E-state index is 0.396. The standard InChI is InChI=1S/C17H19N3O/c1-2-21-15-5-6-16-14(12-15)11-13(7-8-18)17(19-16)20-9-3-4-10-20/h5-6,11-12H,2-4,7,9-10H2,1H3. The molecule has 1 aromatic carbocycles. The van der Waals surface area contributed by atoms with Gasteiger partial charge in [-0.3, -0.25) is 0 Å². The van der Waals surface area contributed by atoms with Crippen molar-refractivity contribution in [2.45, 2.75) is 26.2 Å². The fourth-order valence-electron chi connectivity index (χ4n) is 2.86. The first kappa shape index (κ1) is 13.7. The van der Waals surface area contributed by atoms with Crippen molar-refractivity contribution in [2.75, 3.05) is 24.6 Å². The second-order valence-corrected chi connectivity index (χ2v) is 5.29. The van der Waals surface area contributed by atoms with Crippen molar-refractivity contribution >= 4 is 16.7 Å². The lowest BCUT2D eigenvalue weighted by atomic mass is 10.1. The monoisotopic (exact) mass is 281 g/mol. The maximum Gasteiger partial charge on any atom is 0.133 e. The highest BCUT2D eigenvalue weighted by Gasteiger charge is 2.18. The Hall–Kier alpha value is -2.28. The predicted molar refractivity (Wildman–Crippen MR) is 83.7 cm³/mol. The van der Waals surface area contributed by atoms with E-state index in [9.17, 15) is 0 Å². The summed E-state index contributed by atoms with van der Waals surface area (Å²) in [6, 6.07) is 10.3. The van der Waals surface area contributed by atoms with Gasteiger partial charge in [0.1, 0.15) is 11.6 Å². The Morgan fingerprint density at radius 3 is 2.81 bits per heavy atom. The van der Waals surface area contributed by atoms with Gasteiger partial charge in [0.25, 0.3) is 0 Å². The van der Waals surface area contributed by atoms with Crippen LogP contribution in [-0.2, 0) is 6.42 Å². The lowest BCUT2D eigenvalue weighted by Gasteiger charge is -2.20. The maximum atomic E-state index is 9.08. The first-order chi connectivity index (χ1) is 10.3. The third kappa shape index (κ3) is 2.78. The topological polar surface area (TPSA) is 49.1 Å². The van der Waals surface area contributed by atoms with Crippen LogP contribution in [0.15, 0.2) is 24.3 Å². The lowest BCUT2D eigenvalue weighted by molar-refractivity contribution is 0.340. The molecule has 4 nitrogen and oxygen atoms in total. The fourth-order valence-corrected chi connectivity index (χ4v) is 2.86. The zero-order chi connectivity index (χ0) is 14.7. The van der Waals surface area contributed by atoms with Gasteiger partial charge in [-0.25, -0.2) is 4.98 Å². The molecule has 2 aromatic rings. The summed E-state index contributed by atoms with van der Waals surface area (Å²) in [7, 11) is 0. The fraction of sp³-hybridized carbons (Fsp3) is 0.412. The molecule has 3 rings (SSSR count). The summed E-state index contributed by atoms with van der Waals surface area (Å²) in [5.74, 6) is 1.83. The molecule has 1 saturated heterocycles. The highest BCUT2D eigenvalue weighted by molar-refractivity contribution is 5.83. The minimum Gasteiger partial charge on any atom is -0.494 e. The number of ether oxygens (including phenoxy) is 1. The van der Waals surface area contributed by atoms with Gasteiger partial charge in [0.15, 0.2) is 0 Å². The van der Waals surface area contributed by atoms with Crippen molar-refractivity contribution in [3.63, 3.8) is 0 Å². The molecule has 0 amide bonds. The van der Waals surface area contributed by atoms with E-state index in [2.05, 4.69) is 17.0 Å². The summed E-state index contributed by atoms with van der Waals surface area (Å²) in [6.07, 6.45) is 2.80. The summed E-state index contributed by atoms with van der Waals surface area (Å²) in [5.41, 5.74) is 1.97. The number of hydrogen-bond acceptors (Lipinski definition) is 4. The Morgan fingerprint density at radius 2 is 2.10 bits per heavy atom. The predicted octanol–water partition coefficient (Wildman–Crippen LogP) is 3.30. The molecule has 0 radical (unpaired) electrons. The number of pyridine rings is 1. The van der Waals surface area contributed by atoms with Crippen molar-refractivity contribution in [3.05, 3.63) is 29.8 Å². The van der Waals surface area contributed by atoms with Crippen molar-refractivity contribution in [1.29, 1.82) is 5.26 Å². The normalized spacial score (nSPS) is 14.4. The van der Waals surface area contributed by atoms with Gasteiger partial charge >= 0.3 is 0 Å². The Labute approximate surface area is 125 Å². The van der Waals surface area contributed by atoms with Crippen LogP contribution in [0.1, 0.15) is 25.3 Å². The molecular formula is C17H19N3O. The number of fused-ring (bicyclic) bond motifs is 1. The minimum atomic E-state index is 0.396. The van der Waals surface area contributed by atoms with Crippen LogP contribution < -0.4 is 9.64 Å². The Balaban J connectivity index is 2.07. The molecular weight excluding hydrogens is 262 g/mol. The summed E-state index contributed by atoms with van der Waals surface area (Å²) >= 11 is 0. The van der Waals surface area contributed by atoms with Crippen LogP contribution in [0.25, 0.3) is 10.9 Å². The number of nitrogens with zero attached hydrogens (tertiary/aromatic N) is 3. The molecule has 21 heavy (non-hydrogen) atoms. The van der Waals surface area contributed by atoms with Gasteiger partial charge in [-0.2, -0.15) is 5.26 Å². The van der Waals surface area contributed by atoms with E-state index in [1.807, 2.05) is 25.1 Å². The zero-order valence-electron chi connectivity index (χ0n) is 12.3. The van der Waals surface area contributed by atoms with E-state index in [1.165, 1.54) is 12.8 Å². The molecule has 1 aliphatic heterocycles. The first-order valence-corrected chi connectivity index (χ1v) is 7.50. The summed E-state index contributed by atoms with van der Waals surface area (Å²) in [5, 5.41) is 10.1. The number of nitriles is 1. The molecule has 2 heterocycles. The smallest absolute Gasteiger partial charge is 0.133 e. The van der Waals surface area contributed by atoms with Crippen molar-refractivity contribution in [3.8, 4) is 11.8 Å². The molecule has 0 unspecified atom stereocenters. The van der Waals surface area contributed by atoms with Gasteiger partial charge in [0, 0.05) is 24.0 Å². The van der Waals surface area contributed by atoms with Gasteiger partial charge in [0.2, 0.25) is 0 Å². The highest BCUT2D eigenvalue weighted by atomic mass is 16.5. The molecule has 0 bridgehead atoms. The Kier molecular flexibility index (Phi) is 3.92. The second-order valence-electron chi connectivity index (χ2n) is 5.29. The van der Waals surface area contributed by atoms with Crippen molar-refractivity contribution in [1.82, 2.24) is 4.98 Å². The van der Waals surface area contributed by atoms with Gasteiger partial charge in [0.05, 0.1) is 24.6 Å². The largest absolute Gasteiger partial charge is 0.494 e. The summed E-state index contributed by atoms with van der Waals surface area (Å²) in [6.45, 7) is 4.69. The quantitative estimate of drug-likeness (QED) is 0.862. The molecule has 0 aliphatic carbocycles. The summed E-state index contributed by atoms with van der Waals surface area (Å²) in [4.78, 5) is 7.09. The molecule has 1 fully saturated rings. The molecule has 0 N–H and O–H groups in total. The van der Waals surface area contributed by atoms with Crippen LogP contribution in [0.2, 0.25) is 0 Å². The van der Waals surface area contributed by atoms with Gasteiger partial charge < -0.3 is 9.64 Å². The van der Waals surface area contributed by atoms with Crippen LogP contribution in [0, 0.1) is 11.3 Å². The number of anilines is 1. The number of benzene rings is 1. The van der Waals surface area contributed by atoms with Crippen LogP contribution >= 0.6 is 0 Å². The number of rotatable bonds is 4. The molecule has 0 saturated carbocycles. The maximum absolute atomic E-state index is 9.08. The average molecular weight is 281 g/mol. The second kappa shape index (κ2) is 6.01. The van der Waals surface area contributed by atoms with E-state index in [4.69, 9.17) is 15.0 Å². The van der Waals surface area contributed by atoms with Crippen LogP contribution in [0.4, 0.5) is 5.82 Å². The van der Waals surface area contributed by atoms with Crippen molar-refractivity contribution in [2.24, 2.45) is 0 Å². The van der Waals surface area contributed by atoms with Gasteiger partial charge in [-0.15, -0.1) is 0 Å². The SMILES string of the molecule is CCOc1ccc2nc(N3CCCC3)c(CC#N)cc2c1. The lowest BCUT2D eigenvalue weighted by Crippen LogP contribution is -2.20. The summed E-state index contributed by atoms with van der Waals surface area (Å²) < 4.78 is 5.54. The van der Waals surface area contributed by atoms with E-state index in [-0.39, 0.29) is 0 Å². The molecule has 4 heteroatoms. The Bertz CT molecular complexity index is 684. The van der Waals surface area contributed by atoms with E-state index in [0.29, 0.717) is 13.0 Å². The Morgan fingerprint density at radius 1 is 1.29 bits per heavy atom. The van der Waals surface area contributed by atoms with Gasteiger partial charge in [-0.1, -0.05) is 0 Å². The average Bonchev–Trinajstić information content (AvgIpc) is 3.01. The number of aromatic nitrogens is 1. The zero-order valence-corrected chi connectivity index (χ0v) is 12.3.